The van der Waals surface area contributed by atoms with E-state index in [0.29, 0.717) is 11.7 Å². The number of halogens is 1. The summed E-state index contributed by atoms with van der Waals surface area (Å²) in [6.07, 6.45) is 3.34. The van der Waals surface area contributed by atoms with Crippen LogP contribution in [0.1, 0.15) is 26.7 Å². The van der Waals surface area contributed by atoms with Gasteiger partial charge in [0.15, 0.2) is 0 Å². The van der Waals surface area contributed by atoms with Gasteiger partial charge in [-0.1, -0.05) is 23.4 Å². The number of ketones is 1. The maximum absolute atomic E-state index is 11.0. The van der Waals surface area contributed by atoms with Gasteiger partial charge in [0.25, 0.3) is 0 Å². The highest BCUT2D eigenvalue weighted by molar-refractivity contribution is 9.09. The highest BCUT2D eigenvalue weighted by Crippen LogP contribution is 2.47. The number of hydrogen-bond acceptors (Lipinski definition) is 1. The van der Waals surface area contributed by atoms with Gasteiger partial charge in [-0.25, -0.2) is 0 Å². The van der Waals surface area contributed by atoms with E-state index in [4.69, 9.17) is 0 Å². The molecule has 2 heteroatoms. The van der Waals surface area contributed by atoms with Gasteiger partial charge in [-0.3, -0.25) is 4.79 Å². The topological polar surface area (TPSA) is 17.1 Å². The quantitative estimate of drug-likeness (QED) is 0.619. The first kappa shape index (κ1) is 9.24. The van der Waals surface area contributed by atoms with Gasteiger partial charge in [0.05, 0.1) is 0 Å². The molecule has 1 nitrogen and oxygen atoms in total. The molecule has 11 heavy (non-hydrogen) atoms. The van der Waals surface area contributed by atoms with Crippen LogP contribution in [0.2, 0.25) is 0 Å². The molecular weight excluding hydrogens is 204 g/mol. The average Bonchev–Trinajstić information content (AvgIpc) is 2.26. The summed E-state index contributed by atoms with van der Waals surface area (Å²) in [5.74, 6) is 2.56. The SMILES string of the molecule is C.O=C1C[C@H]2CC(CBr)CC12. The maximum atomic E-state index is 11.0. The van der Waals surface area contributed by atoms with Gasteiger partial charge < -0.3 is 0 Å². The molecule has 0 spiro atoms. The molecule has 2 unspecified atom stereocenters. The molecule has 0 aromatic heterocycles. The van der Waals surface area contributed by atoms with Crippen molar-refractivity contribution in [3.8, 4) is 0 Å². The van der Waals surface area contributed by atoms with Gasteiger partial charge in [-0.15, -0.1) is 0 Å². The van der Waals surface area contributed by atoms with Crippen LogP contribution in [0, 0.1) is 17.8 Å². The van der Waals surface area contributed by atoms with E-state index in [1.54, 1.807) is 0 Å². The van der Waals surface area contributed by atoms with Crippen molar-refractivity contribution in [2.45, 2.75) is 26.7 Å². The molecule has 0 radical (unpaired) electrons. The summed E-state index contributed by atoms with van der Waals surface area (Å²) in [4.78, 5) is 11.0. The maximum Gasteiger partial charge on any atom is 0.136 e. The van der Waals surface area contributed by atoms with Gasteiger partial charge in [0, 0.05) is 17.7 Å². The minimum Gasteiger partial charge on any atom is -0.299 e. The first-order chi connectivity index (χ1) is 4.81. The minimum absolute atomic E-state index is 0. The largest absolute Gasteiger partial charge is 0.299 e. The summed E-state index contributed by atoms with van der Waals surface area (Å²) in [5, 5.41) is 1.09. The fourth-order valence-corrected chi connectivity index (χ4v) is 2.76. The number of fused-ring (bicyclic) bond motifs is 1. The Hall–Kier alpha value is 0.150. The Morgan fingerprint density at radius 1 is 1.45 bits per heavy atom. The lowest BCUT2D eigenvalue weighted by Crippen LogP contribution is -2.32. The van der Waals surface area contributed by atoms with E-state index in [1.807, 2.05) is 0 Å². The Morgan fingerprint density at radius 2 is 2.18 bits per heavy atom. The predicted octanol–water partition coefficient (Wildman–Crippen LogP) is 2.63. The van der Waals surface area contributed by atoms with Crippen molar-refractivity contribution in [3.63, 3.8) is 0 Å². The van der Waals surface area contributed by atoms with E-state index >= 15 is 0 Å². The molecule has 2 aliphatic rings. The minimum atomic E-state index is 0. The van der Waals surface area contributed by atoms with Crippen molar-refractivity contribution < 1.29 is 4.79 Å². The Labute approximate surface area is 76.7 Å². The van der Waals surface area contributed by atoms with Crippen LogP contribution in [-0.2, 0) is 4.79 Å². The van der Waals surface area contributed by atoms with E-state index in [2.05, 4.69) is 15.9 Å². The van der Waals surface area contributed by atoms with Crippen molar-refractivity contribution in [3.05, 3.63) is 0 Å². The third-order valence-corrected chi connectivity index (χ3v) is 3.80. The van der Waals surface area contributed by atoms with Gasteiger partial charge >= 0.3 is 0 Å². The molecule has 0 heterocycles. The molecule has 0 bridgehead atoms. The lowest BCUT2D eigenvalue weighted by atomic mass is 9.75. The second-order valence-corrected chi connectivity index (χ2v) is 4.18. The van der Waals surface area contributed by atoms with E-state index in [9.17, 15) is 4.79 Å². The summed E-state index contributed by atoms with van der Waals surface area (Å²) in [6.45, 7) is 0. The molecule has 0 aromatic rings. The highest BCUT2D eigenvalue weighted by Gasteiger charge is 2.46. The molecule has 64 valence electrons. The van der Waals surface area contributed by atoms with Gasteiger partial charge in [0.2, 0.25) is 0 Å². The number of rotatable bonds is 1. The molecule has 3 atom stereocenters. The normalized spacial score (nSPS) is 40.8. The summed E-state index contributed by atoms with van der Waals surface area (Å²) in [7, 11) is 0. The zero-order valence-corrected chi connectivity index (χ0v) is 7.43. The number of hydrogen-bond donors (Lipinski definition) is 0. The lowest BCUT2D eigenvalue weighted by molar-refractivity contribution is -0.132. The molecule has 0 aromatic carbocycles. The van der Waals surface area contributed by atoms with Crippen LogP contribution >= 0.6 is 15.9 Å². The van der Waals surface area contributed by atoms with Crippen molar-refractivity contribution in [1.29, 1.82) is 0 Å². The number of alkyl halides is 1. The van der Waals surface area contributed by atoms with Gasteiger partial charge in [0.1, 0.15) is 5.78 Å². The third kappa shape index (κ3) is 1.37. The first-order valence-electron chi connectivity index (χ1n) is 3.90. The Bertz CT molecular complexity index is 167. The predicted molar refractivity (Wildman–Crippen MR) is 49.9 cm³/mol. The van der Waals surface area contributed by atoms with Crippen molar-refractivity contribution in [2.24, 2.45) is 17.8 Å². The van der Waals surface area contributed by atoms with E-state index in [0.717, 1.165) is 30.0 Å². The smallest absolute Gasteiger partial charge is 0.136 e. The van der Waals surface area contributed by atoms with E-state index in [1.165, 1.54) is 6.42 Å². The first-order valence-corrected chi connectivity index (χ1v) is 5.02. The van der Waals surface area contributed by atoms with Crippen molar-refractivity contribution >= 4 is 21.7 Å². The van der Waals surface area contributed by atoms with Crippen LogP contribution in [0.4, 0.5) is 0 Å². The van der Waals surface area contributed by atoms with Crippen LogP contribution < -0.4 is 0 Å². The van der Waals surface area contributed by atoms with Crippen LogP contribution in [-0.4, -0.2) is 11.1 Å². The Morgan fingerprint density at radius 3 is 2.64 bits per heavy atom. The molecule has 2 rings (SSSR count). The Kier molecular flexibility index (Phi) is 2.74. The molecule has 2 saturated carbocycles. The van der Waals surface area contributed by atoms with Crippen molar-refractivity contribution in [1.82, 2.24) is 0 Å². The number of carbonyl (C=O) groups is 1. The monoisotopic (exact) mass is 218 g/mol. The fourth-order valence-electron chi connectivity index (χ4n) is 2.24. The van der Waals surface area contributed by atoms with Crippen LogP contribution in [0.3, 0.4) is 0 Å². The molecule has 2 aliphatic carbocycles. The van der Waals surface area contributed by atoms with Gasteiger partial charge in [-0.2, -0.15) is 0 Å². The van der Waals surface area contributed by atoms with Gasteiger partial charge in [-0.05, 0) is 24.7 Å². The van der Waals surface area contributed by atoms with Crippen LogP contribution in [0.25, 0.3) is 0 Å². The fraction of sp³-hybridized carbons (Fsp3) is 0.889. The lowest BCUT2D eigenvalue weighted by Gasteiger charge is -2.27. The molecule has 0 amide bonds. The molecular formula is C9H15BrO. The molecule has 0 aliphatic heterocycles. The number of Topliss-reactive ketones (excluding diaryl/α,β-unsaturated/α-hetero) is 1. The van der Waals surface area contributed by atoms with E-state index in [-0.39, 0.29) is 7.43 Å². The van der Waals surface area contributed by atoms with E-state index < -0.39 is 0 Å². The zero-order valence-electron chi connectivity index (χ0n) is 5.85. The number of carbonyl (C=O) groups excluding carboxylic acids is 1. The average molecular weight is 219 g/mol. The second-order valence-electron chi connectivity index (χ2n) is 3.53. The second kappa shape index (κ2) is 3.26. The van der Waals surface area contributed by atoms with Crippen LogP contribution in [0.5, 0.6) is 0 Å². The summed E-state index contributed by atoms with van der Waals surface area (Å²) in [6, 6.07) is 0. The standard InChI is InChI=1S/C8H11BrO.CH4/c9-4-5-1-6-3-8(10)7(6)2-5;/h5-7H,1-4H2;1H4/t5?,6-,7?;/m1./s1. The summed E-state index contributed by atoms with van der Waals surface area (Å²) < 4.78 is 0. The molecule has 0 saturated heterocycles. The zero-order chi connectivity index (χ0) is 7.14. The molecule has 0 N–H and O–H groups in total. The summed E-state index contributed by atoms with van der Waals surface area (Å²) in [5.41, 5.74) is 0. The molecule has 2 fully saturated rings. The summed E-state index contributed by atoms with van der Waals surface area (Å²) >= 11 is 3.47. The Balaban J connectivity index is 0.000000605. The van der Waals surface area contributed by atoms with Crippen molar-refractivity contribution in [2.75, 3.05) is 5.33 Å². The third-order valence-electron chi connectivity index (χ3n) is 2.89. The van der Waals surface area contributed by atoms with Crippen LogP contribution in [0.15, 0.2) is 0 Å². The highest BCUT2D eigenvalue weighted by atomic mass is 79.9.